The molecule has 1 aliphatic heterocycles. The summed E-state index contributed by atoms with van der Waals surface area (Å²) in [6, 6.07) is 6.86. The Morgan fingerprint density at radius 1 is 1.38 bits per heavy atom. The second kappa shape index (κ2) is 4.32. The number of nitrogens with two attached hydrogens (primary N) is 1. The molecule has 1 aromatic carbocycles. The van der Waals surface area contributed by atoms with Gasteiger partial charge in [-0.1, -0.05) is 11.6 Å². The summed E-state index contributed by atoms with van der Waals surface area (Å²) in [4.78, 5) is 19.2. The van der Waals surface area contributed by atoms with Crippen molar-refractivity contribution in [2.24, 2.45) is 15.7 Å². The van der Waals surface area contributed by atoms with Crippen LogP contribution >= 0.6 is 11.6 Å². The van der Waals surface area contributed by atoms with Crippen molar-refractivity contribution in [1.82, 2.24) is 5.32 Å². The Hall–Kier alpha value is -1.88. The molecule has 0 atom stereocenters. The third-order valence-corrected chi connectivity index (χ3v) is 2.16. The standard InChI is InChI=1S/C10H9ClN4O/c11-6-1-3-7(4-2-6)13-10-14-8(12)5-9(16)15-10/h1-4H,5H2,(H3,12,13,14,15,16). The van der Waals surface area contributed by atoms with Crippen LogP contribution in [0.5, 0.6) is 0 Å². The fraction of sp³-hybridized carbons (Fsp3) is 0.100. The van der Waals surface area contributed by atoms with E-state index in [1.807, 2.05) is 0 Å². The average Bonchev–Trinajstić information content (AvgIpc) is 2.20. The van der Waals surface area contributed by atoms with E-state index in [0.29, 0.717) is 10.7 Å². The molecule has 1 heterocycles. The molecule has 5 nitrogen and oxygen atoms in total. The monoisotopic (exact) mass is 236 g/mol. The van der Waals surface area contributed by atoms with Gasteiger partial charge in [0.05, 0.1) is 12.1 Å². The fourth-order valence-electron chi connectivity index (χ4n) is 1.23. The molecule has 16 heavy (non-hydrogen) atoms. The number of benzene rings is 1. The molecule has 0 saturated carbocycles. The number of rotatable bonds is 1. The van der Waals surface area contributed by atoms with Crippen LogP contribution in [0, 0.1) is 0 Å². The number of nitrogens with one attached hydrogen (secondary N) is 1. The van der Waals surface area contributed by atoms with Crippen LogP contribution in [0.1, 0.15) is 6.42 Å². The maximum absolute atomic E-state index is 11.2. The summed E-state index contributed by atoms with van der Waals surface area (Å²) in [7, 11) is 0. The number of hydrogen-bond acceptors (Lipinski definition) is 3. The van der Waals surface area contributed by atoms with Crippen molar-refractivity contribution >= 4 is 35.0 Å². The number of nitrogens with zero attached hydrogens (tertiary/aromatic N) is 2. The van der Waals surface area contributed by atoms with E-state index in [-0.39, 0.29) is 24.1 Å². The first-order valence-electron chi connectivity index (χ1n) is 4.60. The van der Waals surface area contributed by atoms with Crippen molar-refractivity contribution in [2.45, 2.75) is 6.42 Å². The maximum Gasteiger partial charge on any atom is 0.234 e. The predicted molar refractivity (Wildman–Crippen MR) is 62.9 cm³/mol. The Bertz CT molecular complexity index is 478. The highest BCUT2D eigenvalue weighted by molar-refractivity contribution is 6.30. The lowest BCUT2D eigenvalue weighted by atomic mass is 10.3. The van der Waals surface area contributed by atoms with Gasteiger partial charge in [-0.2, -0.15) is 4.99 Å². The zero-order valence-corrected chi connectivity index (χ0v) is 9.03. The molecule has 2 rings (SSSR count). The number of amides is 1. The molecule has 0 bridgehead atoms. The normalized spacial score (nSPS) is 18.2. The predicted octanol–water partition coefficient (Wildman–Crippen LogP) is 1.20. The second-order valence-electron chi connectivity index (χ2n) is 3.24. The largest absolute Gasteiger partial charge is 0.387 e. The zero-order chi connectivity index (χ0) is 11.5. The average molecular weight is 237 g/mol. The third kappa shape index (κ3) is 2.58. The van der Waals surface area contributed by atoms with E-state index in [1.54, 1.807) is 24.3 Å². The summed E-state index contributed by atoms with van der Waals surface area (Å²) in [6.07, 6.45) is 0.111. The SMILES string of the molecule is NC1=NC(=Nc2ccc(Cl)cc2)NC(=O)C1. The van der Waals surface area contributed by atoms with Crippen molar-refractivity contribution in [1.29, 1.82) is 0 Å². The van der Waals surface area contributed by atoms with Gasteiger partial charge in [-0.05, 0) is 24.3 Å². The summed E-state index contributed by atoms with van der Waals surface area (Å²) in [5.41, 5.74) is 6.13. The van der Waals surface area contributed by atoms with E-state index >= 15 is 0 Å². The van der Waals surface area contributed by atoms with Crippen molar-refractivity contribution in [3.8, 4) is 0 Å². The smallest absolute Gasteiger partial charge is 0.234 e. The number of halogens is 1. The first-order valence-corrected chi connectivity index (χ1v) is 4.98. The molecule has 6 heteroatoms. The van der Waals surface area contributed by atoms with Gasteiger partial charge in [-0.3, -0.25) is 10.1 Å². The highest BCUT2D eigenvalue weighted by Crippen LogP contribution is 2.16. The minimum absolute atomic E-state index is 0.111. The van der Waals surface area contributed by atoms with Crippen LogP contribution in [0.4, 0.5) is 5.69 Å². The fourth-order valence-corrected chi connectivity index (χ4v) is 1.35. The van der Waals surface area contributed by atoms with Crippen LogP contribution < -0.4 is 11.1 Å². The minimum Gasteiger partial charge on any atom is -0.387 e. The molecule has 0 aromatic heterocycles. The first kappa shape index (κ1) is 10.6. The number of carbonyl (C=O) groups is 1. The molecule has 1 amide bonds. The summed E-state index contributed by atoms with van der Waals surface area (Å²) in [5.74, 6) is 0.257. The third-order valence-electron chi connectivity index (χ3n) is 1.90. The minimum atomic E-state index is -0.208. The lowest BCUT2D eigenvalue weighted by molar-refractivity contribution is -0.118. The number of aliphatic imine (C=N–C) groups is 2. The van der Waals surface area contributed by atoms with Gasteiger partial charge in [0.15, 0.2) is 0 Å². The number of guanidine groups is 1. The van der Waals surface area contributed by atoms with Gasteiger partial charge in [0.2, 0.25) is 11.9 Å². The van der Waals surface area contributed by atoms with E-state index in [2.05, 4.69) is 15.3 Å². The maximum atomic E-state index is 11.2. The van der Waals surface area contributed by atoms with E-state index in [0.717, 1.165) is 0 Å². The molecule has 82 valence electrons. The molecular formula is C10H9ClN4O. The quantitative estimate of drug-likeness (QED) is 0.769. The zero-order valence-electron chi connectivity index (χ0n) is 8.27. The molecule has 0 aliphatic carbocycles. The molecule has 0 fully saturated rings. The Kier molecular flexibility index (Phi) is 2.87. The Morgan fingerprint density at radius 2 is 2.06 bits per heavy atom. The molecule has 3 N–H and O–H groups in total. The summed E-state index contributed by atoms with van der Waals surface area (Å²) < 4.78 is 0. The highest BCUT2D eigenvalue weighted by Gasteiger charge is 2.14. The molecule has 0 unspecified atom stereocenters. The van der Waals surface area contributed by atoms with Crippen LogP contribution in [0.2, 0.25) is 5.02 Å². The first-order chi connectivity index (χ1) is 7.63. The van der Waals surface area contributed by atoms with Crippen molar-refractivity contribution < 1.29 is 4.79 Å². The Morgan fingerprint density at radius 3 is 2.69 bits per heavy atom. The van der Waals surface area contributed by atoms with Gasteiger partial charge < -0.3 is 5.73 Å². The van der Waals surface area contributed by atoms with Crippen LogP contribution in [0.3, 0.4) is 0 Å². The number of amidine groups is 1. The van der Waals surface area contributed by atoms with Gasteiger partial charge in [-0.25, -0.2) is 4.99 Å². The summed E-state index contributed by atoms with van der Waals surface area (Å²) >= 11 is 5.74. The second-order valence-corrected chi connectivity index (χ2v) is 3.68. The van der Waals surface area contributed by atoms with Gasteiger partial charge >= 0.3 is 0 Å². The van der Waals surface area contributed by atoms with Gasteiger partial charge in [0.1, 0.15) is 5.84 Å². The van der Waals surface area contributed by atoms with Crippen molar-refractivity contribution in [3.05, 3.63) is 29.3 Å². The summed E-state index contributed by atoms with van der Waals surface area (Å²) in [6.45, 7) is 0. The molecule has 0 radical (unpaired) electrons. The topological polar surface area (TPSA) is 79.8 Å². The van der Waals surface area contributed by atoms with Gasteiger partial charge in [-0.15, -0.1) is 0 Å². The lowest BCUT2D eigenvalue weighted by Crippen LogP contribution is -2.38. The lowest BCUT2D eigenvalue weighted by Gasteiger charge is -2.10. The number of carbonyl (C=O) groups excluding carboxylic acids is 1. The Labute approximate surface area is 97.0 Å². The van der Waals surface area contributed by atoms with Crippen LogP contribution in [0.15, 0.2) is 34.3 Å². The van der Waals surface area contributed by atoms with E-state index in [9.17, 15) is 4.79 Å². The van der Waals surface area contributed by atoms with Crippen molar-refractivity contribution in [2.75, 3.05) is 0 Å². The molecule has 0 saturated heterocycles. The summed E-state index contributed by atoms with van der Waals surface area (Å²) in [5, 5.41) is 3.15. The number of hydrogen-bond donors (Lipinski definition) is 2. The van der Waals surface area contributed by atoms with Gasteiger partial charge in [0, 0.05) is 5.02 Å². The molecule has 0 spiro atoms. The van der Waals surface area contributed by atoms with Crippen LogP contribution in [-0.2, 0) is 4.79 Å². The van der Waals surface area contributed by atoms with Crippen molar-refractivity contribution in [3.63, 3.8) is 0 Å². The van der Waals surface area contributed by atoms with Crippen LogP contribution in [0.25, 0.3) is 0 Å². The van der Waals surface area contributed by atoms with Crippen LogP contribution in [-0.4, -0.2) is 17.7 Å². The van der Waals surface area contributed by atoms with E-state index in [4.69, 9.17) is 17.3 Å². The van der Waals surface area contributed by atoms with Gasteiger partial charge in [0.25, 0.3) is 0 Å². The highest BCUT2D eigenvalue weighted by atomic mass is 35.5. The Balaban J connectivity index is 2.27. The molecule has 1 aliphatic rings. The van der Waals surface area contributed by atoms with E-state index in [1.165, 1.54) is 0 Å². The molecule has 1 aromatic rings. The van der Waals surface area contributed by atoms with E-state index < -0.39 is 0 Å². The molecular weight excluding hydrogens is 228 g/mol.